The quantitative estimate of drug-likeness (QED) is 0.715. The van der Waals surface area contributed by atoms with Gasteiger partial charge in [0.25, 0.3) is 5.95 Å². The predicted molar refractivity (Wildman–Crippen MR) is 77.7 cm³/mol. The minimum Gasteiger partial charge on any atom is -0.396 e. The molecular formula is C12H20N8O. The van der Waals surface area contributed by atoms with Crippen LogP contribution in [0.15, 0.2) is 12.7 Å². The van der Waals surface area contributed by atoms with Crippen molar-refractivity contribution in [2.75, 3.05) is 17.7 Å². The summed E-state index contributed by atoms with van der Waals surface area (Å²) in [5, 5.41) is 16.4. The smallest absolute Gasteiger partial charge is 0.258 e. The molecule has 0 amide bonds. The van der Waals surface area contributed by atoms with Crippen LogP contribution in [-0.4, -0.2) is 47.5 Å². The van der Waals surface area contributed by atoms with E-state index in [9.17, 15) is 5.11 Å². The summed E-state index contributed by atoms with van der Waals surface area (Å²) in [6, 6.07) is -0.00658. The van der Waals surface area contributed by atoms with Gasteiger partial charge in [-0.25, -0.2) is 4.98 Å². The van der Waals surface area contributed by atoms with Gasteiger partial charge in [-0.1, -0.05) is 20.8 Å². The summed E-state index contributed by atoms with van der Waals surface area (Å²) in [6.07, 6.45) is 3.44. The summed E-state index contributed by atoms with van der Waals surface area (Å²) in [6.45, 7) is 6.29. The van der Waals surface area contributed by atoms with Gasteiger partial charge in [-0.2, -0.15) is 24.7 Å². The van der Waals surface area contributed by atoms with Crippen molar-refractivity contribution in [1.82, 2.24) is 29.7 Å². The molecule has 9 nitrogen and oxygen atoms in total. The van der Waals surface area contributed by atoms with E-state index < -0.39 is 0 Å². The molecule has 21 heavy (non-hydrogen) atoms. The molecule has 0 spiro atoms. The fourth-order valence-electron chi connectivity index (χ4n) is 1.87. The number of rotatable bonds is 5. The standard InChI is InChI=1S/C12H20N8O/c1-12(2,3)8(4-5-21)16-10-17-9(13)18-11(19-10)20-7-14-6-15-20/h6-8,21H,4-5H2,1-3H3,(H3,13,16,17,18,19). The molecule has 1 unspecified atom stereocenters. The van der Waals surface area contributed by atoms with Gasteiger partial charge >= 0.3 is 0 Å². The Morgan fingerprint density at radius 3 is 2.67 bits per heavy atom. The summed E-state index contributed by atoms with van der Waals surface area (Å²) in [5.74, 6) is 0.732. The second-order valence-corrected chi connectivity index (χ2v) is 5.73. The van der Waals surface area contributed by atoms with Gasteiger partial charge in [0, 0.05) is 12.6 Å². The van der Waals surface area contributed by atoms with Crippen molar-refractivity contribution in [1.29, 1.82) is 0 Å². The Kier molecular flexibility index (Phi) is 4.32. The molecule has 0 saturated heterocycles. The first-order valence-electron chi connectivity index (χ1n) is 6.64. The molecule has 2 rings (SSSR count). The van der Waals surface area contributed by atoms with Gasteiger partial charge in [-0.05, 0) is 11.8 Å². The van der Waals surface area contributed by atoms with Crippen molar-refractivity contribution in [2.45, 2.75) is 33.2 Å². The molecule has 0 saturated carbocycles. The Labute approximate surface area is 122 Å². The summed E-state index contributed by atoms with van der Waals surface area (Å²) < 4.78 is 1.40. The zero-order valence-corrected chi connectivity index (χ0v) is 12.4. The minimum absolute atomic E-state index is 0.00658. The summed E-state index contributed by atoms with van der Waals surface area (Å²) in [5.41, 5.74) is 5.64. The highest BCUT2D eigenvalue weighted by atomic mass is 16.3. The van der Waals surface area contributed by atoms with E-state index in [2.05, 4.69) is 51.1 Å². The molecule has 0 aliphatic rings. The Hall–Kier alpha value is -2.29. The van der Waals surface area contributed by atoms with Crippen LogP contribution in [0.3, 0.4) is 0 Å². The Bertz CT molecular complexity index is 577. The van der Waals surface area contributed by atoms with E-state index in [-0.39, 0.29) is 24.0 Å². The predicted octanol–water partition coefficient (Wildman–Crippen LogP) is 0.243. The minimum atomic E-state index is -0.0719. The van der Waals surface area contributed by atoms with Gasteiger partial charge in [0.2, 0.25) is 11.9 Å². The highest BCUT2D eigenvalue weighted by molar-refractivity contribution is 5.35. The van der Waals surface area contributed by atoms with Crippen molar-refractivity contribution >= 4 is 11.9 Å². The lowest BCUT2D eigenvalue weighted by molar-refractivity contribution is 0.235. The lowest BCUT2D eigenvalue weighted by atomic mass is 9.85. The third kappa shape index (κ3) is 3.85. The van der Waals surface area contributed by atoms with E-state index in [0.29, 0.717) is 18.3 Å². The molecule has 0 radical (unpaired) electrons. The van der Waals surface area contributed by atoms with Gasteiger partial charge in [-0.15, -0.1) is 0 Å². The number of hydrogen-bond donors (Lipinski definition) is 3. The van der Waals surface area contributed by atoms with Crippen LogP contribution >= 0.6 is 0 Å². The Morgan fingerprint density at radius 1 is 1.33 bits per heavy atom. The average Bonchev–Trinajstić information content (AvgIpc) is 2.90. The van der Waals surface area contributed by atoms with E-state index >= 15 is 0 Å². The van der Waals surface area contributed by atoms with E-state index in [1.807, 2.05) is 0 Å². The zero-order chi connectivity index (χ0) is 15.5. The van der Waals surface area contributed by atoms with Crippen LogP contribution in [0.25, 0.3) is 5.95 Å². The van der Waals surface area contributed by atoms with Gasteiger partial charge in [0.05, 0.1) is 0 Å². The molecule has 9 heteroatoms. The first-order valence-corrected chi connectivity index (χ1v) is 6.64. The van der Waals surface area contributed by atoms with Crippen molar-refractivity contribution in [3.63, 3.8) is 0 Å². The van der Waals surface area contributed by atoms with Crippen molar-refractivity contribution in [3.05, 3.63) is 12.7 Å². The number of nitrogens with zero attached hydrogens (tertiary/aromatic N) is 6. The van der Waals surface area contributed by atoms with Crippen LogP contribution in [-0.2, 0) is 0 Å². The number of anilines is 2. The SMILES string of the molecule is CC(C)(C)C(CCO)Nc1nc(N)nc(-n2cncn2)n1. The van der Waals surface area contributed by atoms with Crippen molar-refractivity contribution < 1.29 is 5.11 Å². The molecule has 4 N–H and O–H groups in total. The van der Waals surface area contributed by atoms with Crippen LogP contribution in [0.4, 0.5) is 11.9 Å². The fraction of sp³-hybridized carbons (Fsp3) is 0.583. The van der Waals surface area contributed by atoms with Gasteiger partial charge in [-0.3, -0.25) is 0 Å². The molecule has 0 aliphatic heterocycles. The lowest BCUT2D eigenvalue weighted by Crippen LogP contribution is -2.35. The molecule has 1 atom stereocenters. The zero-order valence-electron chi connectivity index (χ0n) is 12.4. The molecule has 2 aromatic rings. The summed E-state index contributed by atoms with van der Waals surface area (Å²) >= 11 is 0. The van der Waals surface area contributed by atoms with E-state index in [1.165, 1.54) is 17.3 Å². The van der Waals surface area contributed by atoms with Gasteiger partial charge < -0.3 is 16.2 Å². The second-order valence-electron chi connectivity index (χ2n) is 5.73. The molecule has 0 bridgehead atoms. The van der Waals surface area contributed by atoms with Gasteiger partial charge in [0.1, 0.15) is 12.7 Å². The Balaban J connectivity index is 2.27. The maximum atomic E-state index is 9.20. The van der Waals surface area contributed by atoms with Gasteiger partial charge in [0.15, 0.2) is 0 Å². The third-order valence-electron chi connectivity index (χ3n) is 3.03. The van der Waals surface area contributed by atoms with Crippen LogP contribution in [0, 0.1) is 5.41 Å². The van der Waals surface area contributed by atoms with Crippen molar-refractivity contribution in [3.8, 4) is 5.95 Å². The van der Waals surface area contributed by atoms with E-state index in [4.69, 9.17) is 5.73 Å². The average molecular weight is 292 g/mol. The molecule has 0 fully saturated rings. The maximum absolute atomic E-state index is 9.20. The normalized spacial score (nSPS) is 13.1. The maximum Gasteiger partial charge on any atom is 0.258 e. The number of nitrogens with two attached hydrogens (primary N) is 1. The monoisotopic (exact) mass is 292 g/mol. The van der Waals surface area contributed by atoms with E-state index in [0.717, 1.165) is 0 Å². The largest absolute Gasteiger partial charge is 0.396 e. The third-order valence-corrected chi connectivity index (χ3v) is 3.03. The number of nitrogen functional groups attached to an aromatic ring is 1. The summed E-state index contributed by atoms with van der Waals surface area (Å²) in [4.78, 5) is 16.2. The van der Waals surface area contributed by atoms with Crippen LogP contribution in [0.5, 0.6) is 0 Å². The highest BCUT2D eigenvalue weighted by Crippen LogP contribution is 2.24. The first kappa shape index (κ1) is 15.1. The molecule has 2 aromatic heterocycles. The number of nitrogens with one attached hydrogen (secondary N) is 1. The summed E-state index contributed by atoms with van der Waals surface area (Å²) in [7, 11) is 0. The highest BCUT2D eigenvalue weighted by Gasteiger charge is 2.25. The number of hydrogen-bond acceptors (Lipinski definition) is 8. The number of aliphatic hydroxyl groups is 1. The first-order chi connectivity index (χ1) is 9.90. The van der Waals surface area contributed by atoms with Crippen LogP contribution in [0.2, 0.25) is 0 Å². The molecular weight excluding hydrogens is 272 g/mol. The van der Waals surface area contributed by atoms with Crippen molar-refractivity contribution in [2.24, 2.45) is 5.41 Å². The topological polar surface area (TPSA) is 128 Å². The number of aromatic nitrogens is 6. The molecule has 0 aliphatic carbocycles. The molecule has 0 aromatic carbocycles. The molecule has 2 heterocycles. The number of aliphatic hydroxyl groups excluding tert-OH is 1. The fourth-order valence-corrected chi connectivity index (χ4v) is 1.87. The Morgan fingerprint density at radius 2 is 2.10 bits per heavy atom. The molecule has 114 valence electrons. The van der Waals surface area contributed by atoms with Crippen LogP contribution in [0.1, 0.15) is 27.2 Å². The second kappa shape index (κ2) is 6.00. The van der Waals surface area contributed by atoms with E-state index in [1.54, 1.807) is 0 Å². The lowest BCUT2D eigenvalue weighted by Gasteiger charge is -2.31. The van der Waals surface area contributed by atoms with Crippen LogP contribution < -0.4 is 11.1 Å².